The maximum atomic E-state index is 12.4. The van der Waals surface area contributed by atoms with Crippen LogP contribution in [0.15, 0.2) is 23.1 Å². The zero-order valence-electron chi connectivity index (χ0n) is 11.9. The Balaban J connectivity index is 2.97. The molecule has 0 amide bonds. The van der Waals surface area contributed by atoms with Gasteiger partial charge in [0.05, 0.1) is 12.3 Å². The Labute approximate surface area is 125 Å². The minimum atomic E-state index is -3.70. The van der Waals surface area contributed by atoms with E-state index in [-0.39, 0.29) is 22.5 Å². The van der Waals surface area contributed by atoms with Crippen LogP contribution in [0.25, 0.3) is 0 Å². The Morgan fingerprint density at radius 2 is 2.05 bits per heavy atom. The van der Waals surface area contributed by atoms with Crippen LogP contribution in [0.3, 0.4) is 0 Å². The molecule has 0 bridgehead atoms. The van der Waals surface area contributed by atoms with Gasteiger partial charge in [-0.15, -0.1) is 0 Å². The lowest BCUT2D eigenvalue weighted by atomic mass is 10.1. The van der Waals surface area contributed by atoms with Gasteiger partial charge in [-0.2, -0.15) is 0 Å². The molecular formula is C13H21ClN2O3S. The third kappa shape index (κ3) is 4.63. The Morgan fingerprint density at radius 1 is 1.40 bits per heavy atom. The molecule has 0 saturated carbocycles. The summed E-state index contributed by atoms with van der Waals surface area (Å²) in [5.74, 6) is 0.102. The molecule has 0 aliphatic carbocycles. The predicted molar refractivity (Wildman–Crippen MR) is 81.3 cm³/mol. The van der Waals surface area contributed by atoms with E-state index in [4.69, 9.17) is 22.1 Å². The summed E-state index contributed by atoms with van der Waals surface area (Å²) in [5, 5.41) is 0.399. The second kappa shape index (κ2) is 7.26. The van der Waals surface area contributed by atoms with Crippen LogP contribution in [0.2, 0.25) is 5.02 Å². The van der Waals surface area contributed by atoms with E-state index in [2.05, 4.69) is 4.72 Å². The van der Waals surface area contributed by atoms with Crippen LogP contribution >= 0.6 is 11.6 Å². The summed E-state index contributed by atoms with van der Waals surface area (Å²) >= 11 is 5.78. The summed E-state index contributed by atoms with van der Waals surface area (Å²) < 4.78 is 32.6. The molecule has 0 radical (unpaired) electrons. The zero-order valence-corrected chi connectivity index (χ0v) is 13.5. The monoisotopic (exact) mass is 320 g/mol. The SMILES string of the molecule is CCOCC(NS(=O)(=O)c1ccc(Cl)cc1N)C(C)C. The van der Waals surface area contributed by atoms with E-state index < -0.39 is 10.0 Å². The number of hydrogen-bond donors (Lipinski definition) is 2. The van der Waals surface area contributed by atoms with Crippen molar-refractivity contribution in [3.05, 3.63) is 23.2 Å². The highest BCUT2D eigenvalue weighted by Crippen LogP contribution is 2.23. The van der Waals surface area contributed by atoms with E-state index in [1.165, 1.54) is 18.2 Å². The largest absolute Gasteiger partial charge is 0.398 e. The molecule has 0 aliphatic rings. The first-order chi connectivity index (χ1) is 9.27. The Morgan fingerprint density at radius 3 is 2.55 bits per heavy atom. The highest BCUT2D eigenvalue weighted by atomic mass is 35.5. The number of ether oxygens (including phenoxy) is 1. The van der Waals surface area contributed by atoms with Gasteiger partial charge in [-0.3, -0.25) is 0 Å². The molecule has 0 spiro atoms. The highest BCUT2D eigenvalue weighted by Gasteiger charge is 2.24. The van der Waals surface area contributed by atoms with E-state index in [1.807, 2.05) is 20.8 Å². The van der Waals surface area contributed by atoms with Crippen molar-refractivity contribution in [1.82, 2.24) is 4.72 Å². The fraction of sp³-hybridized carbons (Fsp3) is 0.538. The Bertz CT molecular complexity index is 547. The van der Waals surface area contributed by atoms with Gasteiger partial charge in [0.1, 0.15) is 4.90 Å². The number of rotatable bonds is 7. The van der Waals surface area contributed by atoms with E-state index >= 15 is 0 Å². The van der Waals surface area contributed by atoms with Gasteiger partial charge in [-0.25, -0.2) is 13.1 Å². The van der Waals surface area contributed by atoms with Gasteiger partial charge in [-0.1, -0.05) is 25.4 Å². The van der Waals surface area contributed by atoms with Gasteiger partial charge >= 0.3 is 0 Å². The number of sulfonamides is 1. The van der Waals surface area contributed by atoms with Crippen LogP contribution in [0.1, 0.15) is 20.8 Å². The molecule has 1 unspecified atom stereocenters. The standard InChI is InChI=1S/C13H21ClN2O3S/c1-4-19-8-12(9(2)3)16-20(17,18)13-6-5-10(14)7-11(13)15/h5-7,9,12,16H,4,8,15H2,1-3H3. The molecular weight excluding hydrogens is 300 g/mol. The van der Waals surface area contributed by atoms with Crippen molar-refractivity contribution in [2.24, 2.45) is 5.92 Å². The molecule has 0 fully saturated rings. The lowest BCUT2D eigenvalue weighted by molar-refractivity contribution is 0.116. The number of halogens is 1. The summed E-state index contributed by atoms with van der Waals surface area (Å²) in [6.07, 6.45) is 0. The van der Waals surface area contributed by atoms with Gasteiger partial charge in [0.15, 0.2) is 0 Å². The molecule has 1 atom stereocenters. The van der Waals surface area contributed by atoms with Gasteiger partial charge in [-0.05, 0) is 31.0 Å². The van der Waals surface area contributed by atoms with Crippen molar-refractivity contribution in [2.45, 2.75) is 31.7 Å². The Kier molecular flexibility index (Phi) is 6.26. The van der Waals surface area contributed by atoms with Crippen LogP contribution in [-0.4, -0.2) is 27.7 Å². The first kappa shape index (κ1) is 17.2. The first-order valence-corrected chi connectivity index (χ1v) is 8.29. The van der Waals surface area contributed by atoms with Crippen molar-refractivity contribution in [3.63, 3.8) is 0 Å². The van der Waals surface area contributed by atoms with Crippen LogP contribution < -0.4 is 10.5 Å². The maximum absolute atomic E-state index is 12.4. The molecule has 3 N–H and O–H groups in total. The van der Waals surface area contributed by atoms with E-state index in [0.29, 0.717) is 18.2 Å². The second-order valence-electron chi connectivity index (χ2n) is 4.81. The average molecular weight is 321 g/mol. The third-order valence-corrected chi connectivity index (χ3v) is 4.67. The van der Waals surface area contributed by atoms with Crippen molar-refractivity contribution >= 4 is 27.3 Å². The van der Waals surface area contributed by atoms with Gasteiger partial charge in [0, 0.05) is 17.7 Å². The van der Waals surface area contributed by atoms with Crippen molar-refractivity contribution < 1.29 is 13.2 Å². The normalized spacial score (nSPS) is 13.7. The van der Waals surface area contributed by atoms with E-state index in [9.17, 15) is 8.42 Å². The fourth-order valence-corrected chi connectivity index (χ4v) is 3.30. The summed E-state index contributed by atoms with van der Waals surface area (Å²) in [5.41, 5.74) is 5.85. The lowest BCUT2D eigenvalue weighted by Gasteiger charge is -2.22. The molecule has 0 aliphatic heterocycles. The van der Waals surface area contributed by atoms with Crippen LogP contribution in [0, 0.1) is 5.92 Å². The average Bonchev–Trinajstić information content (AvgIpc) is 2.33. The Hall–Kier alpha value is -0.820. The summed E-state index contributed by atoms with van der Waals surface area (Å²) in [4.78, 5) is 0.0315. The van der Waals surface area contributed by atoms with Crippen molar-refractivity contribution in [1.29, 1.82) is 0 Å². The molecule has 5 nitrogen and oxygen atoms in total. The molecule has 114 valence electrons. The van der Waals surface area contributed by atoms with Crippen molar-refractivity contribution in [3.8, 4) is 0 Å². The second-order valence-corrected chi connectivity index (χ2v) is 6.93. The van der Waals surface area contributed by atoms with Crippen LogP contribution in [-0.2, 0) is 14.8 Å². The number of nitrogen functional groups attached to an aromatic ring is 1. The number of benzene rings is 1. The number of hydrogen-bond acceptors (Lipinski definition) is 4. The van der Waals surface area contributed by atoms with Crippen LogP contribution in [0.5, 0.6) is 0 Å². The minimum Gasteiger partial charge on any atom is -0.398 e. The maximum Gasteiger partial charge on any atom is 0.242 e. The van der Waals surface area contributed by atoms with E-state index in [0.717, 1.165) is 0 Å². The summed E-state index contributed by atoms with van der Waals surface area (Å²) in [6.45, 7) is 6.58. The van der Waals surface area contributed by atoms with Crippen molar-refractivity contribution in [2.75, 3.05) is 18.9 Å². The smallest absolute Gasteiger partial charge is 0.242 e. The summed E-state index contributed by atoms with van der Waals surface area (Å²) in [6, 6.07) is 4.01. The van der Waals surface area contributed by atoms with E-state index in [1.54, 1.807) is 0 Å². The summed E-state index contributed by atoms with van der Waals surface area (Å²) in [7, 11) is -3.70. The van der Waals surface area contributed by atoms with Gasteiger partial charge in [0.25, 0.3) is 0 Å². The molecule has 1 aromatic rings. The first-order valence-electron chi connectivity index (χ1n) is 6.43. The minimum absolute atomic E-state index is 0.0315. The predicted octanol–water partition coefficient (Wildman–Crippen LogP) is 2.26. The molecule has 1 rings (SSSR count). The highest BCUT2D eigenvalue weighted by molar-refractivity contribution is 7.89. The lowest BCUT2D eigenvalue weighted by Crippen LogP contribution is -2.42. The fourth-order valence-electron chi connectivity index (χ4n) is 1.63. The van der Waals surface area contributed by atoms with Crippen LogP contribution in [0.4, 0.5) is 5.69 Å². The number of nitrogens with one attached hydrogen (secondary N) is 1. The number of nitrogens with two attached hydrogens (primary N) is 1. The molecule has 7 heteroatoms. The molecule has 0 heterocycles. The third-order valence-electron chi connectivity index (χ3n) is 2.87. The topological polar surface area (TPSA) is 81.4 Å². The zero-order chi connectivity index (χ0) is 15.3. The van der Waals surface area contributed by atoms with Gasteiger partial charge < -0.3 is 10.5 Å². The van der Waals surface area contributed by atoms with Gasteiger partial charge in [0.2, 0.25) is 10.0 Å². The molecule has 0 aromatic heterocycles. The number of anilines is 1. The molecule has 0 saturated heterocycles. The molecule has 20 heavy (non-hydrogen) atoms. The quantitative estimate of drug-likeness (QED) is 0.755. The molecule has 1 aromatic carbocycles.